The highest BCUT2D eigenvalue weighted by Gasteiger charge is 2.55. The van der Waals surface area contributed by atoms with Crippen LogP contribution >= 0.6 is 0 Å². The Kier molecular flexibility index (Phi) is 2.20. The normalized spacial score (nSPS) is 44.4. The van der Waals surface area contributed by atoms with E-state index in [2.05, 4.69) is 13.8 Å². The standard InChI is InChI=1S/C11H18O2/c1-8(4-6-12)9-3-5-11(2)10(7-9)13-11/h4,9-10,12H,3,5-7H2,1-2H3/b8-4+/t9-,10+,11-/m1/s1. The fourth-order valence-corrected chi connectivity index (χ4v) is 2.37. The number of hydrogen-bond donors (Lipinski definition) is 1. The van der Waals surface area contributed by atoms with Crippen molar-refractivity contribution in [1.82, 2.24) is 0 Å². The predicted octanol–water partition coefficient (Wildman–Crippen LogP) is 1.88. The number of allylic oxidation sites excluding steroid dienone is 1. The minimum Gasteiger partial charge on any atom is -0.392 e. The summed E-state index contributed by atoms with van der Waals surface area (Å²) in [6, 6.07) is 0. The molecule has 1 aliphatic heterocycles. The van der Waals surface area contributed by atoms with Gasteiger partial charge in [-0.15, -0.1) is 0 Å². The third-order valence-electron chi connectivity index (χ3n) is 3.58. The maximum atomic E-state index is 8.79. The van der Waals surface area contributed by atoms with Gasteiger partial charge in [0, 0.05) is 0 Å². The molecule has 74 valence electrons. The Morgan fingerprint density at radius 2 is 2.46 bits per heavy atom. The first-order chi connectivity index (χ1) is 6.15. The maximum absolute atomic E-state index is 8.79. The predicted molar refractivity (Wildman–Crippen MR) is 51.5 cm³/mol. The van der Waals surface area contributed by atoms with Gasteiger partial charge >= 0.3 is 0 Å². The van der Waals surface area contributed by atoms with E-state index in [1.807, 2.05) is 6.08 Å². The molecule has 13 heavy (non-hydrogen) atoms. The van der Waals surface area contributed by atoms with E-state index < -0.39 is 0 Å². The summed E-state index contributed by atoms with van der Waals surface area (Å²) in [5.41, 5.74) is 1.55. The van der Waals surface area contributed by atoms with E-state index in [9.17, 15) is 0 Å². The van der Waals surface area contributed by atoms with Crippen molar-refractivity contribution in [3.05, 3.63) is 11.6 Å². The monoisotopic (exact) mass is 182 g/mol. The van der Waals surface area contributed by atoms with Crippen LogP contribution in [0.5, 0.6) is 0 Å². The van der Waals surface area contributed by atoms with Crippen molar-refractivity contribution in [3.63, 3.8) is 0 Å². The van der Waals surface area contributed by atoms with E-state index in [0.29, 0.717) is 12.0 Å². The van der Waals surface area contributed by atoms with Crippen molar-refractivity contribution >= 4 is 0 Å². The number of ether oxygens (including phenoxy) is 1. The highest BCUT2D eigenvalue weighted by molar-refractivity contribution is 5.12. The third-order valence-corrected chi connectivity index (χ3v) is 3.58. The van der Waals surface area contributed by atoms with Gasteiger partial charge in [0.1, 0.15) is 0 Å². The quantitative estimate of drug-likeness (QED) is 0.522. The molecule has 2 fully saturated rings. The lowest BCUT2D eigenvalue weighted by atomic mass is 9.79. The number of rotatable bonds is 2. The summed E-state index contributed by atoms with van der Waals surface area (Å²) in [6.07, 6.45) is 5.97. The zero-order chi connectivity index (χ0) is 9.47. The second-order valence-corrected chi connectivity index (χ2v) is 4.52. The molecule has 0 radical (unpaired) electrons. The molecule has 0 unspecified atom stereocenters. The molecule has 2 rings (SSSR count). The summed E-state index contributed by atoms with van der Waals surface area (Å²) in [4.78, 5) is 0. The van der Waals surface area contributed by atoms with Gasteiger partial charge in [-0.05, 0) is 39.0 Å². The van der Waals surface area contributed by atoms with Crippen LogP contribution < -0.4 is 0 Å². The van der Waals surface area contributed by atoms with Crippen molar-refractivity contribution in [2.45, 2.75) is 44.8 Å². The molecule has 0 aromatic carbocycles. The van der Waals surface area contributed by atoms with E-state index in [0.717, 1.165) is 6.42 Å². The zero-order valence-electron chi connectivity index (χ0n) is 8.42. The Bertz CT molecular complexity index is 234. The number of aliphatic hydroxyl groups is 1. The highest BCUT2D eigenvalue weighted by Crippen LogP contribution is 2.50. The van der Waals surface area contributed by atoms with Crippen LogP contribution in [0.2, 0.25) is 0 Å². The molecule has 0 bridgehead atoms. The summed E-state index contributed by atoms with van der Waals surface area (Å²) < 4.78 is 5.63. The van der Waals surface area contributed by atoms with E-state index in [1.165, 1.54) is 18.4 Å². The van der Waals surface area contributed by atoms with Gasteiger partial charge in [-0.3, -0.25) is 0 Å². The van der Waals surface area contributed by atoms with E-state index >= 15 is 0 Å². The minimum atomic E-state index is 0.172. The second-order valence-electron chi connectivity index (χ2n) is 4.52. The number of aliphatic hydroxyl groups excluding tert-OH is 1. The van der Waals surface area contributed by atoms with Crippen molar-refractivity contribution in [1.29, 1.82) is 0 Å². The lowest BCUT2D eigenvalue weighted by Gasteiger charge is -2.23. The average molecular weight is 182 g/mol. The first kappa shape index (κ1) is 9.22. The van der Waals surface area contributed by atoms with Crippen molar-refractivity contribution in [2.75, 3.05) is 6.61 Å². The molecule has 0 spiro atoms. The molecule has 0 amide bonds. The molecular formula is C11H18O2. The number of fused-ring (bicyclic) bond motifs is 1. The van der Waals surface area contributed by atoms with Gasteiger partial charge < -0.3 is 9.84 Å². The molecule has 1 saturated heterocycles. The Morgan fingerprint density at radius 1 is 1.69 bits per heavy atom. The van der Waals surface area contributed by atoms with Crippen LogP contribution in [0.1, 0.15) is 33.1 Å². The summed E-state index contributed by atoms with van der Waals surface area (Å²) in [5.74, 6) is 0.646. The fraction of sp³-hybridized carbons (Fsp3) is 0.818. The number of hydrogen-bond acceptors (Lipinski definition) is 2. The van der Waals surface area contributed by atoms with E-state index in [-0.39, 0.29) is 12.2 Å². The summed E-state index contributed by atoms with van der Waals surface area (Å²) >= 11 is 0. The molecule has 2 nitrogen and oxygen atoms in total. The molecular weight excluding hydrogens is 164 g/mol. The molecule has 1 heterocycles. The molecule has 3 atom stereocenters. The Balaban J connectivity index is 1.94. The Morgan fingerprint density at radius 3 is 3.08 bits per heavy atom. The molecule has 2 heteroatoms. The van der Waals surface area contributed by atoms with Crippen LogP contribution in [0.25, 0.3) is 0 Å². The van der Waals surface area contributed by atoms with Crippen LogP contribution in [0.4, 0.5) is 0 Å². The summed E-state index contributed by atoms with van der Waals surface area (Å²) in [5, 5.41) is 8.79. The van der Waals surface area contributed by atoms with Gasteiger partial charge in [0.25, 0.3) is 0 Å². The minimum absolute atomic E-state index is 0.172. The van der Waals surface area contributed by atoms with Crippen molar-refractivity contribution in [3.8, 4) is 0 Å². The van der Waals surface area contributed by atoms with Crippen LogP contribution in [0.3, 0.4) is 0 Å². The number of epoxide rings is 1. The van der Waals surface area contributed by atoms with Crippen LogP contribution in [0, 0.1) is 5.92 Å². The maximum Gasteiger partial charge on any atom is 0.0920 e. The topological polar surface area (TPSA) is 32.8 Å². The molecule has 2 aliphatic rings. The van der Waals surface area contributed by atoms with Crippen LogP contribution in [-0.4, -0.2) is 23.4 Å². The van der Waals surface area contributed by atoms with Crippen LogP contribution in [0.15, 0.2) is 11.6 Å². The summed E-state index contributed by atoms with van der Waals surface area (Å²) in [7, 11) is 0. The SMILES string of the molecule is C/C(=C\CO)[C@@H]1CC[C@@]2(C)O[C@H]2C1. The molecule has 0 aromatic rings. The van der Waals surface area contributed by atoms with Gasteiger partial charge in [0.05, 0.1) is 18.3 Å². The van der Waals surface area contributed by atoms with Crippen molar-refractivity contribution < 1.29 is 9.84 Å². The second kappa shape index (κ2) is 3.10. The van der Waals surface area contributed by atoms with Gasteiger partial charge in [-0.25, -0.2) is 0 Å². The van der Waals surface area contributed by atoms with Gasteiger partial charge in [0.2, 0.25) is 0 Å². The zero-order valence-corrected chi connectivity index (χ0v) is 8.42. The lowest BCUT2D eigenvalue weighted by Crippen LogP contribution is -2.21. The van der Waals surface area contributed by atoms with Gasteiger partial charge in [0.15, 0.2) is 0 Å². The molecule has 1 aliphatic carbocycles. The first-order valence-corrected chi connectivity index (χ1v) is 5.11. The molecule has 0 aromatic heterocycles. The highest BCUT2D eigenvalue weighted by atomic mass is 16.6. The Hall–Kier alpha value is -0.340. The van der Waals surface area contributed by atoms with Gasteiger partial charge in [-0.1, -0.05) is 11.6 Å². The average Bonchev–Trinajstić information content (AvgIpc) is 2.75. The van der Waals surface area contributed by atoms with E-state index in [1.54, 1.807) is 0 Å². The largest absolute Gasteiger partial charge is 0.392 e. The smallest absolute Gasteiger partial charge is 0.0920 e. The van der Waals surface area contributed by atoms with Crippen LogP contribution in [-0.2, 0) is 4.74 Å². The summed E-state index contributed by atoms with van der Waals surface area (Å²) in [6.45, 7) is 4.50. The molecule has 1 N–H and O–H groups in total. The fourth-order valence-electron chi connectivity index (χ4n) is 2.37. The van der Waals surface area contributed by atoms with Gasteiger partial charge in [-0.2, -0.15) is 0 Å². The van der Waals surface area contributed by atoms with E-state index in [4.69, 9.17) is 9.84 Å². The Labute approximate surface area is 79.6 Å². The first-order valence-electron chi connectivity index (χ1n) is 5.11. The third kappa shape index (κ3) is 1.65. The van der Waals surface area contributed by atoms with Crippen molar-refractivity contribution in [2.24, 2.45) is 5.92 Å². The lowest BCUT2D eigenvalue weighted by molar-refractivity contribution is 0.303. The molecule has 1 saturated carbocycles.